The van der Waals surface area contributed by atoms with Gasteiger partial charge in [-0.05, 0) is 68.9 Å². The van der Waals surface area contributed by atoms with E-state index in [2.05, 4.69) is 36.3 Å². The number of hydrogen-bond acceptors (Lipinski definition) is 7. The highest BCUT2D eigenvalue weighted by atomic mass is 35.5. The minimum atomic E-state index is -0.629. The fourth-order valence-electron chi connectivity index (χ4n) is 4.87. The Balaban J connectivity index is 1.15. The first-order chi connectivity index (χ1) is 19.4. The molecular formula is C28H28ClFN8O2. The highest BCUT2D eigenvalue weighted by Crippen LogP contribution is 2.30. The molecule has 4 aromatic rings. The summed E-state index contributed by atoms with van der Waals surface area (Å²) in [4.78, 5) is 33.8. The number of hydrogen-bond donors (Lipinski definition) is 4. The summed E-state index contributed by atoms with van der Waals surface area (Å²) in [5.41, 5.74) is 2.09. The number of halogens is 2. The first-order valence-corrected chi connectivity index (χ1v) is 13.7. The van der Waals surface area contributed by atoms with Crippen LogP contribution in [0, 0.1) is 5.82 Å². The van der Waals surface area contributed by atoms with Crippen molar-refractivity contribution >= 4 is 46.3 Å². The molecule has 2 saturated carbocycles. The van der Waals surface area contributed by atoms with Crippen molar-refractivity contribution in [3.63, 3.8) is 0 Å². The maximum Gasteiger partial charge on any atom is 0.276 e. The molecule has 2 aliphatic rings. The molecule has 10 nitrogen and oxygen atoms in total. The van der Waals surface area contributed by atoms with Crippen molar-refractivity contribution in [2.24, 2.45) is 0 Å². The zero-order chi connectivity index (χ0) is 27.6. The number of nitrogens with zero attached hydrogens (tertiary/aromatic N) is 4. The number of aromatic nitrogens is 4. The molecule has 0 saturated heterocycles. The number of pyridine rings is 1. The molecular weight excluding hydrogens is 535 g/mol. The molecule has 2 fully saturated rings. The Morgan fingerprint density at radius 3 is 2.30 bits per heavy atom. The number of amides is 2. The van der Waals surface area contributed by atoms with Gasteiger partial charge in [0.1, 0.15) is 5.82 Å². The maximum atomic E-state index is 14.1. The number of nitrogens with one attached hydrogen (secondary N) is 4. The van der Waals surface area contributed by atoms with Gasteiger partial charge in [0.2, 0.25) is 0 Å². The van der Waals surface area contributed by atoms with Crippen molar-refractivity contribution in [2.45, 2.75) is 56.7 Å². The van der Waals surface area contributed by atoms with Gasteiger partial charge in [-0.3, -0.25) is 14.6 Å². The lowest BCUT2D eigenvalue weighted by Crippen LogP contribution is -2.40. The molecule has 0 bridgehead atoms. The molecule has 2 amide bonds. The number of anilines is 3. The van der Waals surface area contributed by atoms with Crippen LogP contribution in [0.2, 0.25) is 5.02 Å². The summed E-state index contributed by atoms with van der Waals surface area (Å²) >= 11 is 5.93. The summed E-state index contributed by atoms with van der Waals surface area (Å²) < 4.78 is 15.6. The molecule has 2 aliphatic carbocycles. The van der Waals surface area contributed by atoms with E-state index < -0.39 is 11.7 Å². The molecule has 0 atom stereocenters. The van der Waals surface area contributed by atoms with Crippen LogP contribution in [0.1, 0.15) is 59.4 Å². The first-order valence-electron chi connectivity index (χ1n) is 13.3. The molecule has 206 valence electrons. The van der Waals surface area contributed by atoms with Crippen LogP contribution in [0.4, 0.5) is 21.6 Å². The predicted molar refractivity (Wildman–Crippen MR) is 150 cm³/mol. The third-order valence-electron chi connectivity index (χ3n) is 7.18. The number of benzene rings is 1. The number of rotatable bonds is 8. The van der Waals surface area contributed by atoms with Crippen LogP contribution < -0.4 is 21.3 Å². The Labute approximate surface area is 234 Å². The molecule has 4 N–H and O–H groups in total. The molecule has 6 rings (SSSR count). The lowest BCUT2D eigenvalue weighted by atomic mass is 9.91. The number of carbonyl (C=O) groups is 2. The molecule has 0 spiro atoms. The minimum Gasteiger partial charge on any atom is -0.379 e. The lowest BCUT2D eigenvalue weighted by molar-refractivity contribution is 0.0926. The minimum absolute atomic E-state index is 0.0282. The van der Waals surface area contributed by atoms with Crippen LogP contribution in [0.25, 0.3) is 5.65 Å². The fourth-order valence-corrected chi connectivity index (χ4v) is 5.00. The van der Waals surface area contributed by atoms with Crippen molar-refractivity contribution in [3.05, 3.63) is 77.1 Å². The Kier molecular flexibility index (Phi) is 7.21. The molecule has 0 unspecified atom stereocenters. The fraction of sp³-hybridized carbons (Fsp3) is 0.321. The van der Waals surface area contributed by atoms with E-state index in [0.717, 1.165) is 50.4 Å². The molecule has 0 radical (unpaired) electrons. The number of carbonyl (C=O) groups excluding carboxylic acids is 2. The van der Waals surface area contributed by atoms with E-state index in [1.807, 2.05) is 6.07 Å². The van der Waals surface area contributed by atoms with Gasteiger partial charge < -0.3 is 21.3 Å². The Hall–Kier alpha value is -4.25. The van der Waals surface area contributed by atoms with E-state index in [-0.39, 0.29) is 29.4 Å². The third-order valence-corrected chi connectivity index (χ3v) is 7.43. The summed E-state index contributed by atoms with van der Waals surface area (Å²) in [5, 5.41) is 17.9. The number of imidazole rings is 1. The van der Waals surface area contributed by atoms with E-state index in [1.54, 1.807) is 24.3 Å². The Morgan fingerprint density at radius 1 is 0.875 bits per heavy atom. The zero-order valence-electron chi connectivity index (χ0n) is 21.5. The second-order valence-electron chi connectivity index (χ2n) is 10.2. The molecule has 3 aromatic heterocycles. The summed E-state index contributed by atoms with van der Waals surface area (Å²) in [6, 6.07) is 10.8. The van der Waals surface area contributed by atoms with Crippen LogP contribution in [-0.2, 0) is 0 Å². The van der Waals surface area contributed by atoms with Gasteiger partial charge in [-0.15, -0.1) is 5.10 Å². The van der Waals surface area contributed by atoms with Gasteiger partial charge in [0.05, 0.1) is 23.8 Å². The van der Waals surface area contributed by atoms with Gasteiger partial charge in [0, 0.05) is 41.0 Å². The molecule has 40 heavy (non-hydrogen) atoms. The van der Waals surface area contributed by atoms with Crippen molar-refractivity contribution < 1.29 is 14.0 Å². The second kappa shape index (κ2) is 11.1. The van der Waals surface area contributed by atoms with Crippen molar-refractivity contribution in [1.82, 2.24) is 24.9 Å². The normalized spacial score (nSPS) is 18.8. The van der Waals surface area contributed by atoms with Gasteiger partial charge in [0.15, 0.2) is 17.2 Å². The van der Waals surface area contributed by atoms with Crippen LogP contribution >= 0.6 is 11.6 Å². The van der Waals surface area contributed by atoms with Gasteiger partial charge >= 0.3 is 0 Å². The van der Waals surface area contributed by atoms with E-state index in [9.17, 15) is 14.0 Å². The topological polar surface area (TPSA) is 125 Å². The Bertz CT molecular complexity index is 1550. The standard InChI is InChI=1S/C28H28ClFN8O2/c29-17-3-1-16(2-4-17)27(39)35-20-9-7-19(8-10-20)34-25-13-23(33-18-5-6-18)26-32-15-24(38(26)37-25)28(40)36-22-11-12-31-14-21(22)30/h1-4,11-15,18-20,33H,5-10H2,(H,34,37)(H,35,39)(H,31,36,40)/t19-,20-. The quantitative estimate of drug-likeness (QED) is 0.241. The van der Waals surface area contributed by atoms with Gasteiger partial charge in [-0.2, -0.15) is 0 Å². The van der Waals surface area contributed by atoms with Gasteiger partial charge in [-0.1, -0.05) is 11.6 Å². The van der Waals surface area contributed by atoms with E-state index >= 15 is 0 Å². The van der Waals surface area contributed by atoms with Crippen molar-refractivity contribution in [2.75, 3.05) is 16.0 Å². The number of fused-ring (bicyclic) bond motifs is 1. The summed E-state index contributed by atoms with van der Waals surface area (Å²) in [6.45, 7) is 0. The van der Waals surface area contributed by atoms with Gasteiger partial charge in [0.25, 0.3) is 11.8 Å². The van der Waals surface area contributed by atoms with Crippen LogP contribution in [-0.4, -0.2) is 49.5 Å². The first kappa shape index (κ1) is 26.0. The molecule has 12 heteroatoms. The largest absolute Gasteiger partial charge is 0.379 e. The van der Waals surface area contributed by atoms with Crippen molar-refractivity contribution in [1.29, 1.82) is 0 Å². The average molecular weight is 563 g/mol. The van der Waals surface area contributed by atoms with E-state index in [4.69, 9.17) is 11.6 Å². The van der Waals surface area contributed by atoms with E-state index in [1.165, 1.54) is 23.0 Å². The van der Waals surface area contributed by atoms with E-state index in [0.29, 0.717) is 28.1 Å². The summed E-state index contributed by atoms with van der Waals surface area (Å²) in [5.74, 6) is -0.660. The van der Waals surface area contributed by atoms with Crippen LogP contribution in [0.5, 0.6) is 0 Å². The molecule has 1 aromatic carbocycles. The van der Waals surface area contributed by atoms with Crippen molar-refractivity contribution in [3.8, 4) is 0 Å². The molecule has 0 aliphatic heterocycles. The SMILES string of the molecule is O=C(N[C@H]1CC[C@H](Nc2cc(NC3CC3)c3ncc(C(=O)Nc4ccncc4F)n3n2)CC1)c1ccc(Cl)cc1. The van der Waals surface area contributed by atoms with Crippen LogP contribution in [0.3, 0.4) is 0 Å². The van der Waals surface area contributed by atoms with Gasteiger partial charge in [-0.25, -0.2) is 13.9 Å². The third kappa shape index (κ3) is 5.84. The highest BCUT2D eigenvalue weighted by molar-refractivity contribution is 6.30. The summed E-state index contributed by atoms with van der Waals surface area (Å²) in [7, 11) is 0. The monoisotopic (exact) mass is 562 g/mol. The Morgan fingerprint density at radius 2 is 1.57 bits per heavy atom. The second-order valence-corrected chi connectivity index (χ2v) is 10.7. The maximum absolute atomic E-state index is 14.1. The highest BCUT2D eigenvalue weighted by Gasteiger charge is 2.26. The molecule has 3 heterocycles. The smallest absolute Gasteiger partial charge is 0.276 e. The zero-order valence-corrected chi connectivity index (χ0v) is 22.3. The average Bonchev–Trinajstić information content (AvgIpc) is 3.66. The predicted octanol–water partition coefficient (Wildman–Crippen LogP) is 4.90. The van der Waals surface area contributed by atoms with Crippen LogP contribution in [0.15, 0.2) is 55.0 Å². The lowest BCUT2D eigenvalue weighted by Gasteiger charge is -2.30. The summed E-state index contributed by atoms with van der Waals surface area (Å²) in [6.07, 6.45) is 9.35.